The second-order valence-corrected chi connectivity index (χ2v) is 8.29. The quantitative estimate of drug-likeness (QED) is 0.285. The fourth-order valence-corrected chi connectivity index (χ4v) is 4.67. The van der Waals surface area contributed by atoms with Crippen molar-refractivity contribution in [3.05, 3.63) is 58.1 Å². The number of methoxy groups -OCH3 is 1. The van der Waals surface area contributed by atoms with E-state index < -0.39 is 17.9 Å². The third kappa shape index (κ3) is 3.96. The second-order valence-electron chi connectivity index (χ2n) is 7.45. The van der Waals surface area contributed by atoms with Gasteiger partial charge in [-0.15, -0.1) is 0 Å². The highest BCUT2D eigenvalue weighted by atomic mass is 35.5. The number of imidazole rings is 1. The number of para-hydroxylation sites is 2. The molecule has 0 bridgehead atoms. The summed E-state index contributed by atoms with van der Waals surface area (Å²) in [5.41, 5.74) is 2.10. The maximum atomic E-state index is 13.7. The minimum atomic E-state index is -1.12. The lowest BCUT2D eigenvalue weighted by molar-refractivity contribution is -0.153. The highest BCUT2D eigenvalue weighted by Crippen LogP contribution is 2.43. The molecule has 1 aliphatic heterocycles. The van der Waals surface area contributed by atoms with E-state index in [9.17, 15) is 9.59 Å². The Morgan fingerprint density at radius 1 is 1.19 bits per heavy atom. The maximum absolute atomic E-state index is 13.7. The molecule has 7 nitrogen and oxygen atoms in total. The van der Waals surface area contributed by atoms with Crippen LogP contribution in [0.15, 0.2) is 42.5 Å². The first-order valence-corrected chi connectivity index (χ1v) is 11.1. The Hall–Kier alpha value is -2.61. The van der Waals surface area contributed by atoms with E-state index in [0.717, 1.165) is 5.52 Å². The summed E-state index contributed by atoms with van der Waals surface area (Å²) in [5.74, 6) is -1.64. The number of nitrogens with zero attached hydrogens (tertiary/aromatic N) is 3. The molecule has 9 heteroatoms. The van der Waals surface area contributed by atoms with Crippen LogP contribution in [-0.4, -0.2) is 48.3 Å². The predicted octanol–water partition coefficient (Wildman–Crippen LogP) is 4.49. The number of hydrogen-bond acceptors (Lipinski definition) is 5. The van der Waals surface area contributed by atoms with E-state index in [4.69, 9.17) is 37.7 Å². The summed E-state index contributed by atoms with van der Waals surface area (Å²) in [5, 5.41) is 0.826. The number of ether oxygens (including phenoxy) is 2. The molecular weight excluding hydrogens is 453 g/mol. The Bertz CT molecular complexity index is 1160. The molecule has 2 unspecified atom stereocenters. The van der Waals surface area contributed by atoms with Crippen molar-refractivity contribution in [2.75, 3.05) is 31.8 Å². The number of carbonyl (C=O) groups is 2. The van der Waals surface area contributed by atoms with Gasteiger partial charge in [-0.2, -0.15) is 0 Å². The van der Waals surface area contributed by atoms with Gasteiger partial charge in [0.05, 0.1) is 23.7 Å². The minimum absolute atomic E-state index is 0.158. The Morgan fingerprint density at radius 2 is 1.97 bits per heavy atom. The van der Waals surface area contributed by atoms with Gasteiger partial charge in [0.15, 0.2) is 5.92 Å². The van der Waals surface area contributed by atoms with Crippen LogP contribution in [0.3, 0.4) is 0 Å². The maximum Gasteiger partial charge on any atom is 0.321 e. The normalized spacial score (nSPS) is 18.1. The molecule has 2 heterocycles. The van der Waals surface area contributed by atoms with Crippen LogP contribution >= 0.6 is 23.2 Å². The zero-order valence-electron chi connectivity index (χ0n) is 17.8. The van der Waals surface area contributed by atoms with Crippen molar-refractivity contribution in [1.29, 1.82) is 0 Å². The van der Waals surface area contributed by atoms with Gasteiger partial charge >= 0.3 is 5.97 Å². The highest BCUT2D eigenvalue weighted by molar-refractivity contribution is 6.35. The average Bonchev–Trinajstić information content (AvgIpc) is 3.14. The number of rotatable bonds is 7. The van der Waals surface area contributed by atoms with Gasteiger partial charge in [-0.3, -0.25) is 14.5 Å². The largest absolute Gasteiger partial charge is 0.465 e. The summed E-state index contributed by atoms with van der Waals surface area (Å²) < 4.78 is 12.4. The molecule has 2 atom stereocenters. The summed E-state index contributed by atoms with van der Waals surface area (Å²) >= 11 is 12.7. The number of aromatic nitrogens is 2. The van der Waals surface area contributed by atoms with Crippen LogP contribution in [0.2, 0.25) is 10.0 Å². The number of anilines is 1. The van der Waals surface area contributed by atoms with Gasteiger partial charge in [-0.1, -0.05) is 41.4 Å². The van der Waals surface area contributed by atoms with Crippen LogP contribution in [0.4, 0.5) is 5.95 Å². The third-order valence-corrected chi connectivity index (χ3v) is 6.06. The molecule has 1 aromatic heterocycles. The molecule has 3 aromatic rings. The molecule has 0 saturated carbocycles. The van der Waals surface area contributed by atoms with Gasteiger partial charge < -0.3 is 14.0 Å². The van der Waals surface area contributed by atoms with Gasteiger partial charge in [0.25, 0.3) is 0 Å². The number of hydrogen-bond donors (Lipinski definition) is 0. The van der Waals surface area contributed by atoms with E-state index in [-0.39, 0.29) is 12.5 Å². The number of fused-ring (bicyclic) bond motifs is 3. The topological polar surface area (TPSA) is 73.7 Å². The van der Waals surface area contributed by atoms with Gasteiger partial charge in [-0.25, -0.2) is 4.98 Å². The summed E-state index contributed by atoms with van der Waals surface area (Å²) in [7, 11) is 1.60. The zero-order valence-corrected chi connectivity index (χ0v) is 19.3. The minimum Gasteiger partial charge on any atom is -0.465 e. The number of amides is 1. The summed E-state index contributed by atoms with van der Waals surface area (Å²) in [4.78, 5) is 33.1. The van der Waals surface area contributed by atoms with E-state index in [1.165, 1.54) is 0 Å². The monoisotopic (exact) mass is 475 g/mol. The molecule has 32 heavy (non-hydrogen) atoms. The Balaban J connectivity index is 1.97. The number of halogens is 2. The van der Waals surface area contributed by atoms with Gasteiger partial charge in [0.1, 0.15) is 0 Å². The van der Waals surface area contributed by atoms with Crippen LogP contribution in [0, 0.1) is 5.92 Å². The van der Waals surface area contributed by atoms with Crippen molar-refractivity contribution in [3.8, 4) is 0 Å². The fraction of sp³-hybridized carbons (Fsp3) is 0.348. The van der Waals surface area contributed by atoms with Crippen molar-refractivity contribution in [3.63, 3.8) is 0 Å². The molecule has 0 saturated heterocycles. The molecule has 0 fully saturated rings. The zero-order chi connectivity index (χ0) is 22.8. The molecule has 4 rings (SSSR count). The second kappa shape index (κ2) is 9.48. The van der Waals surface area contributed by atoms with Crippen molar-refractivity contribution < 1.29 is 19.1 Å². The van der Waals surface area contributed by atoms with Crippen molar-refractivity contribution in [1.82, 2.24) is 9.55 Å². The average molecular weight is 476 g/mol. The number of benzene rings is 2. The molecule has 0 aliphatic carbocycles. The van der Waals surface area contributed by atoms with E-state index >= 15 is 0 Å². The molecule has 0 N–H and O–H groups in total. The highest BCUT2D eigenvalue weighted by Gasteiger charge is 2.48. The van der Waals surface area contributed by atoms with E-state index in [1.807, 2.05) is 28.8 Å². The van der Waals surface area contributed by atoms with E-state index in [2.05, 4.69) is 0 Å². The van der Waals surface area contributed by atoms with Gasteiger partial charge in [-0.05, 0) is 43.2 Å². The SMILES string of the molecule is CCOC(=O)C1C(=O)N(CCCOC)c2nc3ccccc3n2C1c1ccc(Cl)cc1Cl. The Morgan fingerprint density at radius 3 is 2.69 bits per heavy atom. The lowest BCUT2D eigenvalue weighted by Gasteiger charge is -2.38. The Kier molecular flexibility index (Phi) is 6.69. The smallest absolute Gasteiger partial charge is 0.321 e. The molecule has 0 spiro atoms. The van der Waals surface area contributed by atoms with Crippen LogP contribution in [0.5, 0.6) is 0 Å². The van der Waals surface area contributed by atoms with Crippen LogP contribution < -0.4 is 4.90 Å². The van der Waals surface area contributed by atoms with Crippen LogP contribution in [0.25, 0.3) is 11.0 Å². The first kappa shape index (κ1) is 22.6. The fourth-order valence-electron chi connectivity index (χ4n) is 4.15. The molecule has 1 aliphatic rings. The summed E-state index contributed by atoms with van der Waals surface area (Å²) in [6.45, 7) is 2.70. The van der Waals surface area contributed by atoms with Crippen LogP contribution in [0.1, 0.15) is 24.9 Å². The summed E-state index contributed by atoms with van der Waals surface area (Å²) in [6, 6.07) is 11.9. The van der Waals surface area contributed by atoms with Gasteiger partial charge in [0.2, 0.25) is 11.9 Å². The molecule has 2 aromatic carbocycles. The van der Waals surface area contributed by atoms with Gasteiger partial charge in [0, 0.05) is 30.3 Å². The number of esters is 1. The Labute approximate surface area is 195 Å². The standard InChI is InChI=1S/C23H23Cl2N3O4/c1-3-32-22(30)19-20(15-10-9-14(24)13-16(15)25)28-18-8-5-4-7-17(18)26-23(28)27(21(19)29)11-6-12-31-2/h4-5,7-10,13,19-20H,3,6,11-12H2,1-2H3. The van der Waals surface area contributed by atoms with Crippen molar-refractivity contribution >= 4 is 52.1 Å². The number of carbonyl (C=O) groups excluding carboxylic acids is 2. The molecule has 0 radical (unpaired) electrons. The molecular formula is C23H23Cl2N3O4. The lowest BCUT2D eigenvalue weighted by Crippen LogP contribution is -2.50. The van der Waals surface area contributed by atoms with Crippen LogP contribution in [-0.2, 0) is 19.1 Å². The lowest BCUT2D eigenvalue weighted by atomic mass is 9.89. The molecule has 1 amide bonds. The first-order chi connectivity index (χ1) is 15.5. The third-order valence-electron chi connectivity index (χ3n) is 5.50. The van der Waals surface area contributed by atoms with Crippen molar-refractivity contribution in [2.45, 2.75) is 19.4 Å². The van der Waals surface area contributed by atoms with Crippen molar-refractivity contribution in [2.24, 2.45) is 5.92 Å². The van der Waals surface area contributed by atoms with E-state index in [1.54, 1.807) is 37.1 Å². The first-order valence-electron chi connectivity index (χ1n) is 10.4. The predicted molar refractivity (Wildman–Crippen MR) is 123 cm³/mol. The molecule has 168 valence electrons. The van der Waals surface area contributed by atoms with E-state index in [0.29, 0.717) is 46.6 Å². The summed E-state index contributed by atoms with van der Waals surface area (Å²) in [6.07, 6.45) is 0.591.